The molecule has 31 heavy (non-hydrogen) atoms. The fourth-order valence-electron chi connectivity index (χ4n) is 3.13. The molecule has 0 bridgehead atoms. The van der Waals surface area contributed by atoms with Crippen molar-refractivity contribution < 1.29 is 28.5 Å². The van der Waals surface area contributed by atoms with Crippen LogP contribution in [-0.2, 0) is 16.0 Å². The fraction of sp³-hybridized carbons (Fsp3) is 0.333. The Morgan fingerprint density at radius 2 is 1.55 bits per heavy atom. The maximum atomic E-state index is 12.2. The van der Waals surface area contributed by atoms with Gasteiger partial charge in [0.15, 0.2) is 11.5 Å². The summed E-state index contributed by atoms with van der Waals surface area (Å²) in [6, 6.07) is 10.7. The van der Waals surface area contributed by atoms with Gasteiger partial charge in [0.25, 0.3) is 0 Å². The number of fused-ring (bicyclic) bond motifs is 1. The second-order valence-corrected chi connectivity index (χ2v) is 7.87. The zero-order chi connectivity index (χ0) is 22.6. The summed E-state index contributed by atoms with van der Waals surface area (Å²) >= 11 is 0. The molecule has 0 saturated carbocycles. The molecule has 0 spiro atoms. The molecule has 0 radical (unpaired) electrons. The SMILES string of the molecule is COc1cc(Oc2ccnc3cc(OC)c(OC)cc23)ccc1CC(=O)OC(C)(C)C. The maximum Gasteiger partial charge on any atom is 0.310 e. The third-order valence-electron chi connectivity index (χ3n) is 4.45. The van der Waals surface area contributed by atoms with E-state index in [-0.39, 0.29) is 12.4 Å². The maximum absolute atomic E-state index is 12.2. The molecule has 3 rings (SSSR count). The van der Waals surface area contributed by atoms with Crippen LogP contribution in [0.3, 0.4) is 0 Å². The Morgan fingerprint density at radius 1 is 0.871 bits per heavy atom. The Bertz CT molecular complexity index is 1090. The molecule has 0 unspecified atom stereocenters. The number of carbonyl (C=O) groups excluding carboxylic acids is 1. The smallest absolute Gasteiger partial charge is 0.310 e. The van der Waals surface area contributed by atoms with Gasteiger partial charge in [0.2, 0.25) is 0 Å². The molecule has 0 amide bonds. The van der Waals surface area contributed by atoms with E-state index in [0.717, 1.165) is 10.9 Å². The van der Waals surface area contributed by atoms with Gasteiger partial charge in [-0.1, -0.05) is 6.07 Å². The Kier molecular flexibility index (Phi) is 6.53. The van der Waals surface area contributed by atoms with E-state index in [2.05, 4.69) is 4.98 Å². The summed E-state index contributed by atoms with van der Waals surface area (Å²) in [5.74, 6) is 2.56. The highest BCUT2D eigenvalue weighted by atomic mass is 16.6. The molecule has 7 nitrogen and oxygen atoms in total. The van der Waals surface area contributed by atoms with Crippen molar-refractivity contribution in [1.82, 2.24) is 4.98 Å². The van der Waals surface area contributed by atoms with Crippen molar-refractivity contribution in [2.24, 2.45) is 0 Å². The number of benzene rings is 2. The average Bonchev–Trinajstić information content (AvgIpc) is 2.72. The van der Waals surface area contributed by atoms with Crippen molar-refractivity contribution in [3.8, 4) is 28.7 Å². The van der Waals surface area contributed by atoms with Gasteiger partial charge in [-0.2, -0.15) is 0 Å². The summed E-state index contributed by atoms with van der Waals surface area (Å²) in [6.45, 7) is 5.51. The van der Waals surface area contributed by atoms with Gasteiger partial charge in [0.05, 0.1) is 33.3 Å². The number of esters is 1. The molecule has 1 aromatic heterocycles. The van der Waals surface area contributed by atoms with Crippen LogP contribution >= 0.6 is 0 Å². The minimum absolute atomic E-state index is 0.107. The number of methoxy groups -OCH3 is 3. The molecule has 0 atom stereocenters. The minimum Gasteiger partial charge on any atom is -0.496 e. The predicted octanol–water partition coefficient (Wildman–Crippen LogP) is 4.94. The Balaban J connectivity index is 1.89. The van der Waals surface area contributed by atoms with Crippen LogP contribution in [0.2, 0.25) is 0 Å². The van der Waals surface area contributed by atoms with Gasteiger partial charge >= 0.3 is 5.97 Å². The first-order valence-corrected chi connectivity index (χ1v) is 9.81. The normalized spacial score (nSPS) is 11.2. The number of hydrogen-bond acceptors (Lipinski definition) is 7. The van der Waals surface area contributed by atoms with Gasteiger partial charge in [-0.05, 0) is 39.0 Å². The van der Waals surface area contributed by atoms with E-state index in [1.807, 2.05) is 26.8 Å². The molecule has 7 heteroatoms. The summed E-state index contributed by atoms with van der Waals surface area (Å²) in [6.07, 6.45) is 1.77. The molecule has 0 saturated heterocycles. The Labute approximate surface area is 181 Å². The first-order valence-electron chi connectivity index (χ1n) is 9.81. The standard InChI is InChI=1S/C24H27NO6/c1-24(2,3)31-23(26)11-15-7-8-16(12-20(15)27-4)30-19-9-10-25-18-14-22(29-6)21(28-5)13-17(18)19/h7-10,12-14H,11H2,1-6H3. The van der Waals surface area contributed by atoms with Crippen molar-refractivity contribution >= 4 is 16.9 Å². The van der Waals surface area contributed by atoms with Crippen LogP contribution in [0.5, 0.6) is 28.7 Å². The van der Waals surface area contributed by atoms with Crippen LogP contribution in [0, 0.1) is 0 Å². The van der Waals surface area contributed by atoms with E-state index in [9.17, 15) is 4.79 Å². The van der Waals surface area contributed by atoms with E-state index < -0.39 is 5.60 Å². The average molecular weight is 425 g/mol. The third kappa shape index (κ3) is 5.36. The van der Waals surface area contributed by atoms with Crippen molar-refractivity contribution in [3.63, 3.8) is 0 Å². The third-order valence-corrected chi connectivity index (χ3v) is 4.45. The molecule has 0 N–H and O–H groups in total. The van der Waals surface area contributed by atoms with Crippen molar-refractivity contribution in [2.45, 2.75) is 32.8 Å². The lowest BCUT2D eigenvalue weighted by molar-refractivity contribution is -0.153. The Hall–Kier alpha value is -3.48. The van der Waals surface area contributed by atoms with Gasteiger partial charge < -0.3 is 23.7 Å². The molecule has 164 valence electrons. The van der Waals surface area contributed by atoms with E-state index in [1.54, 1.807) is 57.9 Å². The van der Waals surface area contributed by atoms with E-state index in [4.69, 9.17) is 23.7 Å². The van der Waals surface area contributed by atoms with Crippen molar-refractivity contribution in [2.75, 3.05) is 21.3 Å². The molecule has 1 heterocycles. The number of carbonyl (C=O) groups is 1. The van der Waals surface area contributed by atoms with Crippen LogP contribution in [0.25, 0.3) is 10.9 Å². The summed E-state index contributed by atoms with van der Waals surface area (Å²) in [5.41, 5.74) is 0.887. The van der Waals surface area contributed by atoms with Gasteiger partial charge in [0, 0.05) is 29.3 Å². The Morgan fingerprint density at radius 3 is 2.19 bits per heavy atom. The van der Waals surface area contributed by atoms with Crippen molar-refractivity contribution in [1.29, 1.82) is 0 Å². The van der Waals surface area contributed by atoms with E-state index >= 15 is 0 Å². The lowest BCUT2D eigenvalue weighted by atomic mass is 10.1. The molecule has 3 aromatic rings. The largest absolute Gasteiger partial charge is 0.496 e. The number of ether oxygens (including phenoxy) is 5. The van der Waals surface area contributed by atoms with Gasteiger partial charge in [-0.3, -0.25) is 9.78 Å². The van der Waals surface area contributed by atoms with Gasteiger partial charge in [-0.25, -0.2) is 0 Å². The zero-order valence-electron chi connectivity index (χ0n) is 18.6. The van der Waals surface area contributed by atoms with Gasteiger partial charge in [0.1, 0.15) is 22.8 Å². The molecule has 0 aliphatic rings. The predicted molar refractivity (Wildman–Crippen MR) is 117 cm³/mol. The summed E-state index contributed by atoms with van der Waals surface area (Å²) in [4.78, 5) is 16.6. The number of nitrogens with zero attached hydrogens (tertiary/aromatic N) is 1. The summed E-state index contributed by atoms with van der Waals surface area (Å²) < 4.78 is 27.7. The molecular weight excluding hydrogens is 398 g/mol. The number of pyridine rings is 1. The van der Waals surface area contributed by atoms with Crippen LogP contribution in [-0.4, -0.2) is 37.9 Å². The van der Waals surface area contributed by atoms with Crippen molar-refractivity contribution in [3.05, 3.63) is 48.2 Å². The van der Waals surface area contributed by atoms with Crippen LogP contribution in [0.4, 0.5) is 0 Å². The lowest BCUT2D eigenvalue weighted by Crippen LogP contribution is -2.25. The summed E-state index contributed by atoms with van der Waals surface area (Å²) in [5, 5.41) is 0.775. The highest BCUT2D eigenvalue weighted by molar-refractivity contribution is 5.88. The highest BCUT2D eigenvalue weighted by Gasteiger charge is 2.19. The second-order valence-electron chi connectivity index (χ2n) is 7.87. The highest BCUT2D eigenvalue weighted by Crippen LogP contribution is 2.37. The van der Waals surface area contributed by atoms with Crippen LogP contribution < -0.4 is 18.9 Å². The quantitative estimate of drug-likeness (QED) is 0.496. The summed E-state index contributed by atoms with van der Waals surface area (Å²) in [7, 11) is 4.71. The molecule has 2 aromatic carbocycles. The number of aromatic nitrogens is 1. The first kappa shape index (κ1) is 22.2. The molecule has 0 fully saturated rings. The number of rotatable bonds is 7. The first-order chi connectivity index (χ1) is 14.7. The molecular formula is C24H27NO6. The lowest BCUT2D eigenvalue weighted by Gasteiger charge is -2.20. The van der Waals surface area contributed by atoms with E-state index in [0.29, 0.717) is 34.3 Å². The zero-order valence-corrected chi connectivity index (χ0v) is 18.6. The van der Waals surface area contributed by atoms with Crippen LogP contribution in [0.1, 0.15) is 26.3 Å². The fourth-order valence-corrected chi connectivity index (χ4v) is 3.13. The number of hydrogen-bond donors (Lipinski definition) is 0. The topological polar surface area (TPSA) is 76.1 Å². The van der Waals surface area contributed by atoms with Gasteiger partial charge in [-0.15, -0.1) is 0 Å². The van der Waals surface area contributed by atoms with E-state index in [1.165, 1.54) is 0 Å². The van der Waals surface area contributed by atoms with Crippen LogP contribution in [0.15, 0.2) is 42.6 Å². The molecule has 0 aliphatic carbocycles. The monoisotopic (exact) mass is 425 g/mol. The minimum atomic E-state index is -0.542. The molecule has 0 aliphatic heterocycles. The second kappa shape index (κ2) is 9.12.